The van der Waals surface area contributed by atoms with Crippen LogP contribution in [0.1, 0.15) is 5.69 Å². The maximum Gasteiger partial charge on any atom is 0.233 e. The van der Waals surface area contributed by atoms with Crippen LogP contribution in [0.2, 0.25) is 0 Å². The zero-order valence-corrected chi connectivity index (χ0v) is 10.3. The van der Waals surface area contributed by atoms with Crippen molar-refractivity contribution in [1.82, 2.24) is 19.4 Å². The number of imidazole rings is 1. The normalized spacial score (nSPS) is 10.9. The van der Waals surface area contributed by atoms with E-state index in [0.29, 0.717) is 5.69 Å². The molecule has 0 fully saturated rings. The van der Waals surface area contributed by atoms with Crippen molar-refractivity contribution < 1.29 is 0 Å². The predicted octanol–water partition coefficient (Wildman–Crippen LogP) is 2.00. The molecule has 0 aliphatic heterocycles. The Bertz CT molecular complexity index is 629. The fraction of sp³-hybridized carbons (Fsp3) is 0.0833. The van der Waals surface area contributed by atoms with Gasteiger partial charge >= 0.3 is 0 Å². The largest absolute Gasteiger partial charge is 0.397 e. The van der Waals surface area contributed by atoms with Gasteiger partial charge in [0, 0.05) is 24.3 Å². The maximum atomic E-state index is 5.59. The van der Waals surface area contributed by atoms with E-state index in [1.54, 1.807) is 24.2 Å². The number of nitrogens with two attached hydrogens (primary N) is 1. The average Bonchev–Trinajstić information content (AvgIpc) is 2.81. The minimum absolute atomic E-state index is 0.677. The number of thioether (sulfide) groups is 1. The number of rotatable bonds is 3. The molecule has 0 aliphatic carbocycles. The minimum atomic E-state index is 0.677. The first-order chi connectivity index (χ1) is 8.81. The van der Waals surface area contributed by atoms with Crippen LogP contribution in [0.15, 0.2) is 48.0 Å². The number of nitrogens with zero attached hydrogens (tertiary/aromatic N) is 4. The van der Waals surface area contributed by atoms with E-state index in [4.69, 9.17) is 5.73 Å². The lowest BCUT2D eigenvalue weighted by molar-refractivity contribution is 1.11. The predicted molar refractivity (Wildman–Crippen MR) is 71.2 cm³/mol. The number of hydrogen-bond acceptors (Lipinski definition) is 5. The topological polar surface area (TPSA) is 69.1 Å². The first kappa shape index (κ1) is 11.0. The molecule has 0 aliphatic rings. The first-order valence-corrected chi connectivity index (χ1v) is 6.43. The van der Waals surface area contributed by atoms with Crippen molar-refractivity contribution in [3.8, 4) is 0 Å². The van der Waals surface area contributed by atoms with Crippen molar-refractivity contribution in [3.63, 3.8) is 0 Å². The number of nitrogen functional groups attached to an aromatic ring is 1. The summed E-state index contributed by atoms with van der Waals surface area (Å²) in [5.74, 6) is 1.48. The maximum absolute atomic E-state index is 5.59. The second kappa shape index (κ2) is 4.66. The molecule has 0 saturated carbocycles. The molecule has 2 N–H and O–H groups in total. The van der Waals surface area contributed by atoms with Gasteiger partial charge in [0.05, 0.1) is 22.6 Å². The van der Waals surface area contributed by atoms with E-state index in [-0.39, 0.29) is 0 Å². The lowest BCUT2D eigenvalue weighted by Gasteiger charge is -1.98. The SMILES string of the molecule is Nc1ccc(SCc2cn3cccnc3n2)nc1. The van der Waals surface area contributed by atoms with Gasteiger partial charge in [-0.2, -0.15) is 0 Å². The summed E-state index contributed by atoms with van der Waals surface area (Å²) in [4.78, 5) is 12.8. The van der Waals surface area contributed by atoms with Crippen LogP contribution in [-0.4, -0.2) is 19.4 Å². The Morgan fingerprint density at radius 1 is 1.28 bits per heavy atom. The quantitative estimate of drug-likeness (QED) is 0.727. The molecule has 3 aromatic heterocycles. The van der Waals surface area contributed by atoms with Crippen LogP contribution in [0.4, 0.5) is 5.69 Å². The second-order valence-corrected chi connectivity index (χ2v) is 4.77. The third kappa shape index (κ3) is 2.28. The van der Waals surface area contributed by atoms with Crippen molar-refractivity contribution in [3.05, 3.63) is 48.7 Å². The summed E-state index contributed by atoms with van der Waals surface area (Å²) in [6, 6.07) is 5.64. The van der Waals surface area contributed by atoms with Crippen LogP contribution in [0.3, 0.4) is 0 Å². The van der Waals surface area contributed by atoms with Crippen LogP contribution < -0.4 is 5.73 Å². The summed E-state index contributed by atoms with van der Waals surface area (Å²) in [5, 5.41) is 0.939. The highest BCUT2D eigenvalue weighted by Gasteiger charge is 2.03. The smallest absolute Gasteiger partial charge is 0.233 e. The van der Waals surface area contributed by atoms with Gasteiger partial charge in [-0.15, -0.1) is 0 Å². The molecule has 0 amide bonds. The van der Waals surface area contributed by atoms with E-state index in [2.05, 4.69) is 15.0 Å². The molecule has 5 nitrogen and oxygen atoms in total. The Morgan fingerprint density at radius 3 is 3.00 bits per heavy atom. The van der Waals surface area contributed by atoms with E-state index in [0.717, 1.165) is 22.3 Å². The molecule has 6 heteroatoms. The van der Waals surface area contributed by atoms with Gasteiger partial charge in [-0.3, -0.25) is 4.40 Å². The molecule has 0 spiro atoms. The van der Waals surface area contributed by atoms with Gasteiger partial charge < -0.3 is 5.73 Å². The lowest BCUT2D eigenvalue weighted by atomic mass is 10.4. The van der Waals surface area contributed by atoms with Crippen molar-refractivity contribution in [2.45, 2.75) is 10.8 Å². The van der Waals surface area contributed by atoms with Gasteiger partial charge in [-0.25, -0.2) is 15.0 Å². The Labute approximate surface area is 108 Å². The number of aromatic nitrogens is 4. The molecular formula is C12H11N5S. The van der Waals surface area contributed by atoms with Crippen molar-refractivity contribution in [2.24, 2.45) is 0 Å². The van der Waals surface area contributed by atoms with Crippen LogP contribution in [-0.2, 0) is 5.75 Å². The minimum Gasteiger partial charge on any atom is -0.397 e. The lowest BCUT2D eigenvalue weighted by Crippen LogP contribution is -1.87. The van der Waals surface area contributed by atoms with Crippen molar-refractivity contribution in [2.75, 3.05) is 5.73 Å². The van der Waals surface area contributed by atoms with Crippen LogP contribution >= 0.6 is 11.8 Å². The van der Waals surface area contributed by atoms with Crippen molar-refractivity contribution in [1.29, 1.82) is 0 Å². The standard InChI is InChI=1S/C12H11N5S/c13-9-2-3-11(15-6-9)18-8-10-7-17-5-1-4-14-12(17)16-10/h1-7H,8,13H2. The third-order valence-corrected chi connectivity index (χ3v) is 3.39. The third-order valence-electron chi connectivity index (χ3n) is 2.41. The molecule has 0 unspecified atom stereocenters. The summed E-state index contributed by atoms with van der Waals surface area (Å²) in [5.41, 5.74) is 7.25. The molecule has 0 saturated heterocycles. The molecule has 90 valence electrons. The molecule has 0 bridgehead atoms. The Hall–Kier alpha value is -2.08. The van der Waals surface area contributed by atoms with Gasteiger partial charge in [-0.1, -0.05) is 11.8 Å². The highest BCUT2D eigenvalue weighted by Crippen LogP contribution is 2.20. The van der Waals surface area contributed by atoms with Crippen molar-refractivity contribution >= 4 is 23.2 Å². The van der Waals surface area contributed by atoms with E-state index in [1.807, 2.05) is 35.0 Å². The summed E-state index contributed by atoms with van der Waals surface area (Å²) in [6.07, 6.45) is 7.31. The Morgan fingerprint density at radius 2 is 2.22 bits per heavy atom. The summed E-state index contributed by atoms with van der Waals surface area (Å²) < 4.78 is 1.91. The first-order valence-electron chi connectivity index (χ1n) is 5.44. The van der Waals surface area contributed by atoms with Gasteiger partial charge in [0.15, 0.2) is 0 Å². The van der Waals surface area contributed by atoms with E-state index in [1.165, 1.54) is 0 Å². The zero-order chi connectivity index (χ0) is 12.4. The summed E-state index contributed by atoms with van der Waals surface area (Å²) in [6.45, 7) is 0. The van der Waals surface area contributed by atoms with E-state index >= 15 is 0 Å². The molecule has 3 aromatic rings. The number of anilines is 1. The van der Waals surface area contributed by atoms with Gasteiger partial charge in [0.1, 0.15) is 0 Å². The van der Waals surface area contributed by atoms with Crippen LogP contribution in [0.25, 0.3) is 5.78 Å². The average molecular weight is 257 g/mol. The molecule has 0 aromatic carbocycles. The monoisotopic (exact) mass is 257 g/mol. The molecule has 0 radical (unpaired) electrons. The highest BCUT2D eigenvalue weighted by atomic mass is 32.2. The van der Waals surface area contributed by atoms with E-state index < -0.39 is 0 Å². The van der Waals surface area contributed by atoms with Crippen LogP contribution in [0.5, 0.6) is 0 Å². The van der Waals surface area contributed by atoms with Gasteiger partial charge in [0.25, 0.3) is 0 Å². The number of fused-ring (bicyclic) bond motifs is 1. The summed E-state index contributed by atoms with van der Waals surface area (Å²) >= 11 is 1.63. The molecule has 18 heavy (non-hydrogen) atoms. The van der Waals surface area contributed by atoms with Gasteiger partial charge in [-0.05, 0) is 18.2 Å². The van der Waals surface area contributed by atoms with Gasteiger partial charge in [0.2, 0.25) is 5.78 Å². The molecule has 3 rings (SSSR count). The molecular weight excluding hydrogens is 246 g/mol. The molecule has 0 atom stereocenters. The fourth-order valence-electron chi connectivity index (χ4n) is 1.57. The van der Waals surface area contributed by atoms with E-state index in [9.17, 15) is 0 Å². The molecule has 3 heterocycles. The number of pyridine rings is 1. The zero-order valence-electron chi connectivity index (χ0n) is 9.52. The second-order valence-electron chi connectivity index (χ2n) is 3.78. The number of hydrogen-bond donors (Lipinski definition) is 1. The Balaban J connectivity index is 1.74. The Kier molecular flexibility index (Phi) is 2.85. The summed E-state index contributed by atoms with van der Waals surface area (Å²) in [7, 11) is 0. The highest BCUT2D eigenvalue weighted by molar-refractivity contribution is 7.98. The fourth-order valence-corrected chi connectivity index (χ4v) is 2.30. The van der Waals surface area contributed by atoms with Crippen LogP contribution in [0, 0.1) is 0 Å².